The number of sulfonamides is 1. The van der Waals surface area contributed by atoms with Crippen LogP contribution in [0.3, 0.4) is 0 Å². The summed E-state index contributed by atoms with van der Waals surface area (Å²) in [6.45, 7) is 3.97. The minimum absolute atomic E-state index is 0. The highest BCUT2D eigenvalue weighted by atomic mass is 35.5. The first kappa shape index (κ1) is 17.8. The van der Waals surface area contributed by atoms with Gasteiger partial charge in [0.15, 0.2) is 5.65 Å². The summed E-state index contributed by atoms with van der Waals surface area (Å²) >= 11 is 0. The molecule has 0 amide bonds. The largest absolute Gasteiger partial charge is 0.328 e. The molecule has 0 aliphatic carbocycles. The highest BCUT2D eigenvalue weighted by molar-refractivity contribution is 7.89. The van der Waals surface area contributed by atoms with Crippen LogP contribution in [0.1, 0.15) is 19.0 Å². The van der Waals surface area contributed by atoms with E-state index in [0.717, 1.165) is 11.1 Å². The molecule has 0 aromatic carbocycles. The van der Waals surface area contributed by atoms with Crippen molar-refractivity contribution in [1.82, 2.24) is 19.5 Å². The Morgan fingerprint density at radius 2 is 2.14 bits per heavy atom. The fourth-order valence-corrected chi connectivity index (χ4v) is 2.96. The summed E-state index contributed by atoms with van der Waals surface area (Å²) < 4.78 is 28.5. The zero-order chi connectivity index (χ0) is 14.9. The number of aromatic nitrogens is 3. The number of pyridine rings is 1. The first-order valence-electron chi connectivity index (χ1n) is 6.36. The summed E-state index contributed by atoms with van der Waals surface area (Å²) in [7, 11) is -1.78. The van der Waals surface area contributed by atoms with Gasteiger partial charge in [-0.1, -0.05) is 0 Å². The molecule has 0 aliphatic rings. The predicted octanol–water partition coefficient (Wildman–Crippen LogP) is 0.714. The summed E-state index contributed by atoms with van der Waals surface area (Å²) in [4.78, 5) is 4.31. The van der Waals surface area contributed by atoms with E-state index in [2.05, 4.69) is 14.8 Å². The van der Waals surface area contributed by atoms with E-state index >= 15 is 0 Å². The lowest BCUT2D eigenvalue weighted by atomic mass is 10.3. The van der Waals surface area contributed by atoms with Crippen LogP contribution >= 0.6 is 12.4 Å². The smallest absolute Gasteiger partial charge is 0.242 e. The minimum Gasteiger partial charge on any atom is -0.328 e. The Balaban J connectivity index is 0.00000220. The number of rotatable bonds is 5. The Morgan fingerprint density at radius 3 is 2.76 bits per heavy atom. The molecule has 2 aromatic heterocycles. The SMILES string of the molecule is Cc1nn(C)c2ncc(S(=O)(=O)NCCC(C)N)cc12.Cl. The Morgan fingerprint density at radius 1 is 1.48 bits per heavy atom. The van der Waals surface area contributed by atoms with E-state index in [1.54, 1.807) is 17.8 Å². The molecule has 1 atom stereocenters. The van der Waals surface area contributed by atoms with E-state index in [0.29, 0.717) is 18.6 Å². The molecule has 21 heavy (non-hydrogen) atoms. The molecular weight excluding hydrogens is 314 g/mol. The molecule has 118 valence electrons. The topological polar surface area (TPSA) is 103 Å². The Bertz CT molecular complexity index is 727. The third-order valence-corrected chi connectivity index (χ3v) is 4.47. The standard InChI is InChI=1S/C12H19N5O2S.ClH/c1-8(13)4-5-15-20(18,19)10-6-11-9(2)16-17(3)12(11)14-7-10;/h6-8,15H,4-5,13H2,1-3H3;1H. The Hall–Kier alpha value is -1.22. The van der Waals surface area contributed by atoms with Crippen molar-refractivity contribution < 1.29 is 8.42 Å². The molecule has 0 fully saturated rings. The van der Waals surface area contributed by atoms with E-state index < -0.39 is 10.0 Å². The average molecular weight is 334 g/mol. The third kappa shape index (κ3) is 3.91. The van der Waals surface area contributed by atoms with Crippen molar-refractivity contribution >= 4 is 33.5 Å². The first-order chi connectivity index (χ1) is 9.31. The van der Waals surface area contributed by atoms with Crippen molar-refractivity contribution in [1.29, 1.82) is 0 Å². The number of fused-ring (bicyclic) bond motifs is 1. The predicted molar refractivity (Wildman–Crippen MR) is 83.9 cm³/mol. The van der Waals surface area contributed by atoms with Gasteiger partial charge in [0, 0.05) is 31.2 Å². The summed E-state index contributed by atoms with van der Waals surface area (Å²) in [5.74, 6) is 0. The maximum absolute atomic E-state index is 12.2. The maximum Gasteiger partial charge on any atom is 0.242 e. The molecule has 0 bridgehead atoms. The second kappa shape index (κ2) is 6.69. The van der Waals surface area contributed by atoms with Crippen LogP contribution in [0.2, 0.25) is 0 Å². The monoisotopic (exact) mass is 333 g/mol. The molecule has 7 nitrogen and oxygen atoms in total. The second-order valence-corrected chi connectivity index (χ2v) is 6.68. The van der Waals surface area contributed by atoms with Crippen molar-refractivity contribution in [3.63, 3.8) is 0 Å². The van der Waals surface area contributed by atoms with Crippen LogP contribution in [-0.4, -0.2) is 35.8 Å². The Kier molecular flexibility index (Phi) is 5.68. The van der Waals surface area contributed by atoms with Crippen LogP contribution in [0.15, 0.2) is 17.2 Å². The van der Waals surface area contributed by atoms with Gasteiger partial charge in [-0.2, -0.15) is 5.10 Å². The van der Waals surface area contributed by atoms with E-state index in [9.17, 15) is 8.42 Å². The number of nitrogens with two attached hydrogens (primary N) is 1. The van der Waals surface area contributed by atoms with E-state index in [1.807, 2.05) is 13.8 Å². The van der Waals surface area contributed by atoms with Gasteiger partial charge < -0.3 is 5.73 Å². The van der Waals surface area contributed by atoms with Gasteiger partial charge in [-0.15, -0.1) is 12.4 Å². The van der Waals surface area contributed by atoms with E-state index in [1.165, 1.54) is 6.20 Å². The minimum atomic E-state index is -3.56. The van der Waals surface area contributed by atoms with Gasteiger partial charge >= 0.3 is 0 Å². The van der Waals surface area contributed by atoms with Crippen molar-refractivity contribution in [2.24, 2.45) is 12.8 Å². The normalized spacial score (nSPS) is 13.1. The molecular formula is C12H20ClN5O2S. The lowest BCUT2D eigenvalue weighted by Gasteiger charge is -2.08. The highest BCUT2D eigenvalue weighted by Gasteiger charge is 2.17. The number of aryl methyl sites for hydroxylation is 2. The summed E-state index contributed by atoms with van der Waals surface area (Å²) in [6, 6.07) is 1.55. The van der Waals surface area contributed by atoms with Gasteiger partial charge in [0.25, 0.3) is 0 Å². The van der Waals surface area contributed by atoms with Crippen LogP contribution < -0.4 is 10.5 Å². The zero-order valence-electron chi connectivity index (χ0n) is 12.2. The summed E-state index contributed by atoms with van der Waals surface area (Å²) in [6.07, 6.45) is 1.93. The van der Waals surface area contributed by atoms with Crippen LogP contribution in [0.25, 0.3) is 11.0 Å². The quantitative estimate of drug-likeness (QED) is 0.839. The van der Waals surface area contributed by atoms with E-state index in [-0.39, 0.29) is 23.3 Å². The van der Waals surface area contributed by atoms with Crippen molar-refractivity contribution in [3.8, 4) is 0 Å². The molecule has 0 spiro atoms. The number of halogens is 1. The maximum atomic E-state index is 12.2. The molecule has 2 heterocycles. The van der Waals surface area contributed by atoms with Gasteiger partial charge in [0.2, 0.25) is 10.0 Å². The fraction of sp³-hybridized carbons (Fsp3) is 0.500. The number of nitrogens with zero attached hydrogens (tertiary/aromatic N) is 3. The van der Waals surface area contributed by atoms with Crippen LogP contribution in [0.4, 0.5) is 0 Å². The van der Waals surface area contributed by atoms with Gasteiger partial charge in [-0.25, -0.2) is 18.1 Å². The molecule has 2 aromatic rings. The van der Waals surface area contributed by atoms with Crippen molar-refractivity contribution in [2.45, 2.75) is 31.2 Å². The summed E-state index contributed by atoms with van der Waals surface area (Å²) in [5.41, 5.74) is 7.02. The summed E-state index contributed by atoms with van der Waals surface area (Å²) in [5, 5.41) is 4.96. The van der Waals surface area contributed by atoms with Gasteiger partial charge in [-0.05, 0) is 26.3 Å². The number of hydrogen-bond acceptors (Lipinski definition) is 5. The first-order valence-corrected chi connectivity index (χ1v) is 7.84. The lowest BCUT2D eigenvalue weighted by molar-refractivity contribution is 0.571. The molecule has 9 heteroatoms. The van der Waals surface area contributed by atoms with Crippen molar-refractivity contribution in [2.75, 3.05) is 6.54 Å². The molecule has 0 saturated heterocycles. The van der Waals surface area contributed by atoms with E-state index in [4.69, 9.17) is 5.73 Å². The molecule has 0 aliphatic heterocycles. The second-order valence-electron chi connectivity index (χ2n) is 4.91. The van der Waals surface area contributed by atoms with Crippen LogP contribution in [0.5, 0.6) is 0 Å². The fourth-order valence-electron chi connectivity index (χ4n) is 1.94. The molecule has 0 radical (unpaired) electrons. The molecule has 3 N–H and O–H groups in total. The molecule has 2 rings (SSSR count). The van der Waals surface area contributed by atoms with Gasteiger partial charge in [0.1, 0.15) is 4.90 Å². The van der Waals surface area contributed by atoms with Crippen molar-refractivity contribution in [3.05, 3.63) is 18.0 Å². The average Bonchev–Trinajstić information content (AvgIpc) is 2.64. The number of nitrogens with one attached hydrogen (secondary N) is 1. The highest BCUT2D eigenvalue weighted by Crippen LogP contribution is 2.19. The van der Waals surface area contributed by atoms with Crippen LogP contribution in [0, 0.1) is 6.92 Å². The van der Waals surface area contributed by atoms with Crippen LogP contribution in [-0.2, 0) is 17.1 Å². The van der Waals surface area contributed by atoms with Gasteiger partial charge in [0.05, 0.1) is 5.69 Å². The molecule has 1 unspecified atom stereocenters. The number of hydrogen-bond donors (Lipinski definition) is 2. The third-order valence-electron chi connectivity index (χ3n) is 3.04. The zero-order valence-corrected chi connectivity index (χ0v) is 13.8. The lowest BCUT2D eigenvalue weighted by Crippen LogP contribution is -2.29. The van der Waals surface area contributed by atoms with Gasteiger partial charge in [-0.3, -0.25) is 4.68 Å². The molecule has 0 saturated carbocycles. The Labute approximate surface area is 130 Å².